The molecule has 0 aromatic heterocycles. The van der Waals surface area contributed by atoms with Gasteiger partial charge in [-0.2, -0.15) is 0 Å². The molecule has 0 saturated carbocycles. The Bertz CT molecular complexity index is 572. The van der Waals surface area contributed by atoms with Crippen LogP contribution in [0.15, 0.2) is 52.3 Å². The molecule has 20 heavy (non-hydrogen) atoms. The van der Waals surface area contributed by atoms with Gasteiger partial charge in [0.25, 0.3) is 0 Å². The lowest BCUT2D eigenvalue weighted by atomic mass is 10.2. The normalized spacial score (nSPS) is 10.8. The quantitative estimate of drug-likeness (QED) is 0.689. The topological polar surface area (TPSA) is 12.0 Å². The fourth-order valence-corrected chi connectivity index (χ4v) is 3.31. The highest BCUT2D eigenvalue weighted by Gasteiger charge is 2.07. The minimum Gasteiger partial charge on any atom is -0.313 e. The van der Waals surface area contributed by atoms with Crippen LogP contribution in [0, 0.1) is 0 Å². The first-order chi connectivity index (χ1) is 9.70. The third-order valence-electron chi connectivity index (χ3n) is 2.83. The highest BCUT2D eigenvalue weighted by atomic mass is 35.5. The van der Waals surface area contributed by atoms with Crippen LogP contribution in [0.5, 0.6) is 0 Å². The molecule has 0 saturated heterocycles. The van der Waals surface area contributed by atoms with E-state index in [9.17, 15) is 0 Å². The van der Waals surface area contributed by atoms with Crippen molar-refractivity contribution in [3.8, 4) is 0 Å². The standard InChI is InChI=1S/C16H17Cl2NS/c1-2-9-19-11-12-7-8-13(17)10-16(12)20-15-6-4-3-5-14(15)18/h3-8,10,19H,2,9,11H2,1H3. The number of benzene rings is 2. The van der Waals surface area contributed by atoms with Crippen molar-refractivity contribution in [2.24, 2.45) is 0 Å². The number of halogens is 2. The van der Waals surface area contributed by atoms with E-state index < -0.39 is 0 Å². The Balaban J connectivity index is 2.21. The first-order valence-corrected chi connectivity index (χ1v) is 8.19. The second-order valence-corrected chi connectivity index (χ2v) is 6.39. The number of rotatable bonds is 6. The molecule has 2 aromatic carbocycles. The Morgan fingerprint density at radius 2 is 1.85 bits per heavy atom. The smallest absolute Gasteiger partial charge is 0.0545 e. The third kappa shape index (κ3) is 4.42. The van der Waals surface area contributed by atoms with Gasteiger partial charge in [0, 0.05) is 21.4 Å². The molecule has 1 N–H and O–H groups in total. The summed E-state index contributed by atoms with van der Waals surface area (Å²) in [6.45, 7) is 4.02. The van der Waals surface area contributed by atoms with E-state index in [0.29, 0.717) is 0 Å². The van der Waals surface area contributed by atoms with Gasteiger partial charge in [-0.25, -0.2) is 0 Å². The van der Waals surface area contributed by atoms with Crippen LogP contribution in [0.4, 0.5) is 0 Å². The van der Waals surface area contributed by atoms with Crippen molar-refractivity contribution in [1.82, 2.24) is 5.32 Å². The molecule has 0 atom stereocenters. The maximum Gasteiger partial charge on any atom is 0.0545 e. The molecule has 1 nitrogen and oxygen atoms in total. The summed E-state index contributed by atoms with van der Waals surface area (Å²) in [5, 5.41) is 4.94. The van der Waals surface area contributed by atoms with Crippen LogP contribution < -0.4 is 5.32 Å². The summed E-state index contributed by atoms with van der Waals surface area (Å²) < 4.78 is 0. The van der Waals surface area contributed by atoms with Crippen molar-refractivity contribution in [3.05, 3.63) is 58.1 Å². The summed E-state index contributed by atoms with van der Waals surface area (Å²) >= 11 is 14.0. The number of hydrogen-bond acceptors (Lipinski definition) is 2. The molecule has 0 aliphatic heterocycles. The van der Waals surface area contributed by atoms with E-state index >= 15 is 0 Å². The summed E-state index contributed by atoms with van der Waals surface area (Å²) in [6.07, 6.45) is 1.13. The maximum atomic E-state index is 6.22. The van der Waals surface area contributed by atoms with Gasteiger partial charge in [0.1, 0.15) is 0 Å². The Morgan fingerprint density at radius 1 is 1.05 bits per heavy atom. The van der Waals surface area contributed by atoms with E-state index in [1.54, 1.807) is 11.8 Å². The van der Waals surface area contributed by atoms with E-state index in [2.05, 4.69) is 18.3 Å². The molecule has 0 amide bonds. The van der Waals surface area contributed by atoms with Crippen LogP contribution in [0.1, 0.15) is 18.9 Å². The molecule has 0 unspecified atom stereocenters. The van der Waals surface area contributed by atoms with Crippen molar-refractivity contribution >= 4 is 35.0 Å². The first-order valence-electron chi connectivity index (χ1n) is 6.62. The summed E-state index contributed by atoms with van der Waals surface area (Å²) in [4.78, 5) is 2.20. The van der Waals surface area contributed by atoms with Crippen LogP contribution in [0.2, 0.25) is 10.0 Å². The van der Waals surface area contributed by atoms with E-state index in [4.69, 9.17) is 23.2 Å². The van der Waals surface area contributed by atoms with Gasteiger partial charge in [-0.15, -0.1) is 0 Å². The van der Waals surface area contributed by atoms with Gasteiger partial charge in [-0.1, -0.05) is 60.1 Å². The zero-order chi connectivity index (χ0) is 14.4. The highest BCUT2D eigenvalue weighted by Crippen LogP contribution is 2.36. The summed E-state index contributed by atoms with van der Waals surface area (Å²) in [5.74, 6) is 0. The van der Waals surface area contributed by atoms with E-state index in [0.717, 1.165) is 39.3 Å². The number of nitrogens with one attached hydrogen (secondary N) is 1. The molecular formula is C16H17Cl2NS. The van der Waals surface area contributed by atoms with E-state index in [1.807, 2.05) is 36.4 Å². The first kappa shape index (κ1) is 15.7. The molecule has 4 heteroatoms. The van der Waals surface area contributed by atoms with Crippen LogP contribution in [-0.4, -0.2) is 6.54 Å². The predicted octanol–water partition coefficient (Wildman–Crippen LogP) is 5.64. The molecule has 2 rings (SSSR count). The Kier molecular flexibility index (Phi) is 6.24. The molecule has 0 spiro atoms. The van der Waals surface area contributed by atoms with Crippen LogP contribution in [0.25, 0.3) is 0 Å². The van der Waals surface area contributed by atoms with Gasteiger partial charge in [-0.05, 0) is 42.8 Å². The fourth-order valence-electron chi connectivity index (χ4n) is 1.82. The SMILES string of the molecule is CCCNCc1ccc(Cl)cc1Sc1ccccc1Cl. The average Bonchev–Trinajstić information content (AvgIpc) is 2.44. The Morgan fingerprint density at radius 3 is 2.60 bits per heavy atom. The average molecular weight is 326 g/mol. The summed E-state index contributed by atoms with van der Waals surface area (Å²) in [7, 11) is 0. The van der Waals surface area contributed by atoms with Gasteiger partial charge in [0.2, 0.25) is 0 Å². The predicted molar refractivity (Wildman–Crippen MR) is 89.0 cm³/mol. The molecule has 2 aromatic rings. The van der Waals surface area contributed by atoms with Crippen molar-refractivity contribution < 1.29 is 0 Å². The lowest BCUT2D eigenvalue weighted by Gasteiger charge is -2.11. The molecule has 0 aliphatic rings. The third-order valence-corrected chi connectivity index (χ3v) is 4.68. The van der Waals surface area contributed by atoms with Gasteiger partial charge in [0.05, 0.1) is 5.02 Å². The van der Waals surface area contributed by atoms with Crippen molar-refractivity contribution in [1.29, 1.82) is 0 Å². The molecule has 0 heterocycles. The lowest BCUT2D eigenvalue weighted by Crippen LogP contribution is -2.14. The number of hydrogen-bond donors (Lipinski definition) is 1. The van der Waals surface area contributed by atoms with Crippen LogP contribution in [-0.2, 0) is 6.54 Å². The molecule has 0 aliphatic carbocycles. The molecule has 0 radical (unpaired) electrons. The molecule has 0 fully saturated rings. The summed E-state index contributed by atoms with van der Waals surface area (Å²) in [5.41, 5.74) is 1.24. The molecule has 0 bridgehead atoms. The van der Waals surface area contributed by atoms with Crippen molar-refractivity contribution in [2.75, 3.05) is 6.54 Å². The molecule has 106 valence electrons. The van der Waals surface area contributed by atoms with E-state index in [1.165, 1.54) is 5.56 Å². The zero-order valence-corrected chi connectivity index (χ0v) is 13.7. The minimum absolute atomic E-state index is 0.749. The van der Waals surface area contributed by atoms with E-state index in [-0.39, 0.29) is 0 Å². The summed E-state index contributed by atoms with van der Waals surface area (Å²) in [6, 6.07) is 13.9. The fraction of sp³-hybridized carbons (Fsp3) is 0.250. The van der Waals surface area contributed by atoms with Gasteiger partial charge in [0.15, 0.2) is 0 Å². The maximum absolute atomic E-state index is 6.22. The highest BCUT2D eigenvalue weighted by molar-refractivity contribution is 7.99. The second kappa shape index (κ2) is 7.94. The largest absolute Gasteiger partial charge is 0.313 e. The second-order valence-electron chi connectivity index (χ2n) is 4.46. The Labute approximate surface area is 134 Å². The monoisotopic (exact) mass is 325 g/mol. The van der Waals surface area contributed by atoms with Gasteiger partial charge in [-0.3, -0.25) is 0 Å². The van der Waals surface area contributed by atoms with Crippen LogP contribution in [0.3, 0.4) is 0 Å². The molecular weight excluding hydrogens is 309 g/mol. The van der Waals surface area contributed by atoms with Crippen molar-refractivity contribution in [2.45, 2.75) is 29.7 Å². The van der Waals surface area contributed by atoms with Crippen LogP contribution >= 0.6 is 35.0 Å². The lowest BCUT2D eigenvalue weighted by molar-refractivity contribution is 0.669. The van der Waals surface area contributed by atoms with Gasteiger partial charge >= 0.3 is 0 Å². The van der Waals surface area contributed by atoms with Gasteiger partial charge < -0.3 is 5.32 Å². The zero-order valence-electron chi connectivity index (χ0n) is 11.3. The Hall–Kier alpha value is -0.670. The van der Waals surface area contributed by atoms with Crippen molar-refractivity contribution in [3.63, 3.8) is 0 Å². The minimum atomic E-state index is 0.749.